The summed E-state index contributed by atoms with van der Waals surface area (Å²) in [6.45, 7) is 4.78. The first-order valence-electron chi connectivity index (χ1n) is 9.24. The minimum atomic E-state index is 0.167. The van der Waals surface area contributed by atoms with Gasteiger partial charge in [-0.25, -0.2) is 0 Å². The summed E-state index contributed by atoms with van der Waals surface area (Å²) < 4.78 is 0. The Morgan fingerprint density at radius 1 is 1.17 bits per heavy atom. The molecule has 0 spiro atoms. The Hall–Kier alpha value is -1.14. The van der Waals surface area contributed by atoms with Crippen LogP contribution in [0.2, 0.25) is 0 Å². The van der Waals surface area contributed by atoms with Crippen molar-refractivity contribution in [2.45, 2.75) is 44.2 Å². The predicted molar refractivity (Wildman–Crippen MR) is 86.8 cm³/mol. The first-order chi connectivity index (χ1) is 11.2. The second-order valence-electron chi connectivity index (χ2n) is 7.64. The van der Waals surface area contributed by atoms with Gasteiger partial charge in [0.05, 0.1) is 12.5 Å². The molecule has 0 aromatic rings. The van der Waals surface area contributed by atoms with E-state index in [1.165, 1.54) is 6.42 Å². The molecular weight excluding hydrogens is 292 g/mol. The average molecular weight is 320 g/mol. The Morgan fingerprint density at radius 3 is 2.78 bits per heavy atom. The lowest BCUT2D eigenvalue weighted by molar-refractivity contribution is -0.145. The smallest absolute Gasteiger partial charge is 0.236 e. The number of amides is 2. The van der Waals surface area contributed by atoms with Gasteiger partial charge in [0.2, 0.25) is 11.8 Å². The van der Waals surface area contributed by atoms with Crippen molar-refractivity contribution in [3.63, 3.8) is 0 Å². The van der Waals surface area contributed by atoms with E-state index in [0.717, 1.165) is 58.4 Å². The average Bonchev–Trinajstić information content (AvgIpc) is 2.62. The van der Waals surface area contributed by atoms with E-state index in [4.69, 9.17) is 0 Å². The topological polar surface area (TPSA) is 64.7 Å². The summed E-state index contributed by atoms with van der Waals surface area (Å²) in [5.41, 5.74) is 0. The lowest BCUT2D eigenvalue weighted by atomic mass is 9.73. The van der Waals surface area contributed by atoms with Crippen molar-refractivity contribution < 1.29 is 9.59 Å². The van der Waals surface area contributed by atoms with Crippen LogP contribution in [0.1, 0.15) is 32.1 Å². The molecule has 4 saturated heterocycles. The van der Waals surface area contributed by atoms with E-state index >= 15 is 0 Å². The minimum Gasteiger partial charge on any atom is -0.340 e. The third kappa shape index (κ3) is 2.98. The molecule has 1 saturated carbocycles. The van der Waals surface area contributed by atoms with Crippen LogP contribution in [0.15, 0.2) is 0 Å². The van der Waals surface area contributed by atoms with Crippen LogP contribution >= 0.6 is 0 Å². The SMILES string of the molecule is O=C([C@@H]1C[C@H]2CC[C@H]1NC2)N1CCC[C@@H](N2CCNCC2=O)C1. The van der Waals surface area contributed by atoms with Gasteiger partial charge in [-0.3, -0.25) is 9.59 Å². The summed E-state index contributed by atoms with van der Waals surface area (Å²) in [4.78, 5) is 29.2. The highest BCUT2D eigenvalue weighted by Gasteiger charge is 2.42. The molecule has 5 aliphatic rings. The van der Waals surface area contributed by atoms with Crippen molar-refractivity contribution in [2.75, 3.05) is 39.3 Å². The first-order valence-corrected chi connectivity index (χ1v) is 9.24. The third-order valence-electron chi connectivity index (χ3n) is 6.22. The van der Waals surface area contributed by atoms with E-state index in [1.54, 1.807) is 0 Å². The van der Waals surface area contributed by atoms with Crippen LogP contribution in [-0.4, -0.2) is 73.0 Å². The molecule has 5 rings (SSSR count). The van der Waals surface area contributed by atoms with Crippen molar-refractivity contribution in [1.82, 2.24) is 20.4 Å². The number of likely N-dealkylation sites (tertiary alicyclic amines) is 1. The van der Waals surface area contributed by atoms with Crippen LogP contribution in [0, 0.1) is 11.8 Å². The number of hydrogen-bond acceptors (Lipinski definition) is 4. The van der Waals surface area contributed by atoms with Crippen LogP contribution in [0.3, 0.4) is 0 Å². The maximum absolute atomic E-state index is 13.0. The Bertz CT molecular complexity index is 475. The second kappa shape index (κ2) is 6.40. The molecule has 0 radical (unpaired) electrons. The Morgan fingerprint density at radius 2 is 2.09 bits per heavy atom. The maximum atomic E-state index is 13.0. The summed E-state index contributed by atoms with van der Waals surface area (Å²) in [7, 11) is 0. The van der Waals surface area contributed by atoms with E-state index < -0.39 is 0 Å². The molecule has 128 valence electrons. The molecule has 0 aromatic carbocycles. The summed E-state index contributed by atoms with van der Waals surface area (Å²) in [5, 5.41) is 6.68. The molecule has 2 bridgehead atoms. The van der Waals surface area contributed by atoms with Crippen molar-refractivity contribution in [3.05, 3.63) is 0 Å². The van der Waals surface area contributed by atoms with Crippen LogP contribution < -0.4 is 10.6 Å². The zero-order valence-corrected chi connectivity index (χ0v) is 13.8. The molecule has 6 nitrogen and oxygen atoms in total. The lowest BCUT2D eigenvalue weighted by Gasteiger charge is -2.46. The van der Waals surface area contributed by atoms with Gasteiger partial charge in [-0.1, -0.05) is 0 Å². The van der Waals surface area contributed by atoms with Crippen LogP contribution in [0.25, 0.3) is 0 Å². The number of hydrogen-bond donors (Lipinski definition) is 2. The van der Waals surface area contributed by atoms with Crippen LogP contribution in [-0.2, 0) is 9.59 Å². The molecule has 2 N–H and O–H groups in total. The fraction of sp³-hybridized carbons (Fsp3) is 0.882. The number of nitrogens with one attached hydrogen (secondary N) is 2. The van der Waals surface area contributed by atoms with E-state index in [2.05, 4.69) is 15.5 Å². The Labute approximate surface area is 137 Å². The number of fused-ring (bicyclic) bond motifs is 3. The quantitative estimate of drug-likeness (QED) is 0.739. The molecule has 4 atom stereocenters. The van der Waals surface area contributed by atoms with Crippen molar-refractivity contribution in [1.29, 1.82) is 0 Å². The number of carbonyl (C=O) groups is 2. The third-order valence-corrected chi connectivity index (χ3v) is 6.22. The van der Waals surface area contributed by atoms with E-state index in [-0.39, 0.29) is 17.9 Å². The molecule has 6 heteroatoms. The molecule has 5 fully saturated rings. The normalized spacial score (nSPS) is 38.0. The second-order valence-corrected chi connectivity index (χ2v) is 7.64. The van der Waals surface area contributed by atoms with Gasteiger partial charge in [-0.05, 0) is 44.6 Å². The molecular formula is C17H28N4O2. The largest absolute Gasteiger partial charge is 0.340 e. The summed E-state index contributed by atoms with van der Waals surface area (Å²) in [5.74, 6) is 1.37. The van der Waals surface area contributed by atoms with Gasteiger partial charge < -0.3 is 20.4 Å². The molecule has 1 aliphatic carbocycles. The van der Waals surface area contributed by atoms with Crippen molar-refractivity contribution >= 4 is 11.8 Å². The Kier molecular flexibility index (Phi) is 4.28. The fourth-order valence-corrected chi connectivity index (χ4v) is 4.93. The predicted octanol–water partition coefficient (Wildman–Crippen LogP) is -0.203. The highest BCUT2D eigenvalue weighted by molar-refractivity contribution is 5.81. The van der Waals surface area contributed by atoms with E-state index in [0.29, 0.717) is 24.4 Å². The van der Waals surface area contributed by atoms with Gasteiger partial charge >= 0.3 is 0 Å². The summed E-state index contributed by atoms with van der Waals surface area (Å²) >= 11 is 0. The van der Waals surface area contributed by atoms with Gasteiger partial charge in [0.1, 0.15) is 0 Å². The van der Waals surface area contributed by atoms with Crippen LogP contribution in [0.5, 0.6) is 0 Å². The van der Waals surface area contributed by atoms with Crippen molar-refractivity contribution in [3.8, 4) is 0 Å². The molecule has 0 aromatic heterocycles. The molecule has 2 amide bonds. The van der Waals surface area contributed by atoms with Gasteiger partial charge in [0.25, 0.3) is 0 Å². The standard InChI is InChI=1S/C17H28N4O2/c22-16-10-18-5-7-21(16)13-2-1-6-20(11-13)17(23)14-8-12-3-4-15(14)19-9-12/h12-15,18-19H,1-11H2/t12-,13-,14-,15-/m1/s1. The van der Waals surface area contributed by atoms with Gasteiger partial charge in [0.15, 0.2) is 0 Å². The molecule has 0 unspecified atom stereocenters. The first kappa shape index (κ1) is 15.4. The van der Waals surface area contributed by atoms with Gasteiger partial charge in [-0.15, -0.1) is 0 Å². The zero-order valence-electron chi connectivity index (χ0n) is 13.8. The minimum absolute atomic E-state index is 0.167. The molecule has 4 aliphatic heterocycles. The van der Waals surface area contributed by atoms with Gasteiger partial charge in [-0.2, -0.15) is 0 Å². The van der Waals surface area contributed by atoms with Crippen LogP contribution in [0.4, 0.5) is 0 Å². The van der Waals surface area contributed by atoms with E-state index in [1.807, 2.05) is 4.90 Å². The highest BCUT2D eigenvalue weighted by atomic mass is 16.2. The van der Waals surface area contributed by atoms with E-state index in [9.17, 15) is 9.59 Å². The number of carbonyl (C=O) groups excluding carboxylic acids is 2. The lowest BCUT2D eigenvalue weighted by Crippen LogP contribution is -2.60. The molecule has 4 heterocycles. The number of nitrogens with zero attached hydrogens (tertiary/aromatic N) is 2. The monoisotopic (exact) mass is 320 g/mol. The summed E-state index contributed by atoms with van der Waals surface area (Å²) in [6.07, 6.45) is 5.53. The highest BCUT2D eigenvalue weighted by Crippen LogP contribution is 2.35. The number of piperidine rings is 3. The van der Waals surface area contributed by atoms with Gasteiger partial charge in [0, 0.05) is 38.3 Å². The zero-order chi connectivity index (χ0) is 15.8. The summed E-state index contributed by atoms with van der Waals surface area (Å²) in [6, 6.07) is 0.602. The Balaban J connectivity index is 1.40. The number of piperazine rings is 1. The molecule has 23 heavy (non-hydrogen) atoms. The number of rotatable bonds is 2. The fourth-order valence-electron chi connectivity index (χ4n) is 4.93. The maximum Gasteiger partial charge on any atom is 0.236 e. The van der Waals surface area contributed by atoms with Crippen molar-refractivity contribution in [2.24, 2.45) is 11.8 Å².